The second-order valence-electron chi connectivity index (χ2n) is 6.49. The molecule has 3 aromatic rings. The van der Waals surface area contributed by atoms with E-state index in [2.05, 4.69) is 65.3 Å². The fourth-order valence-electron chi connectivity index (χ4n) is 2.73. The van der Waals surface area contributed by atoms with Crippen LogP contribution in [0.15, 0.2) is 50.8 Å². The molecule has 2 aromatic carbocycles. The van der Waals surface area contributed by atoms with E-state index in [0.717, 1.165) is 26.4 Å². The lowest BCUT2D eigenvalue weighted by molar-refractivity contribution is 0.851. The largest absolute Gasteiger partial charge is 0.289 e. The lowest BCUT2D eigenvalue weighted by Crippen LogP contribution is -2.27. The molecule has 0 amide bonds. The number of aromatic nitrogens is 2. The molecule has 0 radical (unpaired) electrons. The van der Waals surface area contributed by atoms with Gasteiger partial charge in [0.1, 0.15) is 6.33 Å². The van der Waals surface area contributed by atoms with Gasteiger partial charge in [0.15, 0.2) is 0 Å². The Bertz CT molecular complexity index is 1010. The van der Waals surface area contributed by atoms with Crippen molar-refractivity contribution in [3.8, 4) is 0 Å². The van der Waals surface area contributed by atoms with E-state index >= 15 is 0 Å². The Morgan fingerprint density at radius 3 is 2.73 bits per heavy atom. The van der Waals surface area contributed by atoms with Gasteiger partial charge in [-0.25, -0.2) is 9.66 Å². The molecule has 0 saturated heterocycles. The van der Waals surface area contributed by atoms with Gasteiger partial charge in [0, 0.05) is 9.37 Å². The molecule has 0 saturated carbocycles. The lowest BCUT2D eigenvalue weighted by Gasteiger charge is -2.16. The van der Waals surface area contributed by atoms with Gasteiger partial charge in [-0.05, 0) is 54.0 Å². The van der Waals surface area contributed by atoms with Crippen LogP contribution in [-0.2, 0) is 0 Å². The molecular formula is C20H22BrN3OS. The molecule has 26 heavy (non-hydrogen) atoms. The second-order valence-corrected chi connectivity index (χ2v) is 8.65. The molecule has 1 heterocycles. The first-order valence-electron chi connectivity index (χ1n) is 8.62. The monoisotopic (exact) mass is 431 g/mol. The number of nitrogens with zero attached hydrogens (tertiary/aromatic N) is 2. The highest BCUT2D eigenvalue weighted by Crippen LogP contribution is 2.30. The summed E-state index contributed by atoms with van der Waals surface area (Å²) in [6.45, 7) is 8.43. The fraction of sp³-hybridized carbons (Fsp3) is 0.300. The SMILES string of the molecule is CCSc1ccc(C(C)C)cc1Nn1cnc2cc(C)c(Br)cc2c1=O. The summed E-state index contributed by atoms with van der Waals surface area (Å²) in [5.74, 6) is 1.38. The average molecular weight is 432 g/mol. The van der Waals surface area contributed by atoms with Crippen LogP contribution in [0.4, 0.5) is 5.69 Å². The molecule has 0 aliphatic heterocycles. The summed E-state index contributed by atoms with van der Waals surface area (Å²) in [6.07, 6.45) is 1.56. The van der Waals surface area contributed by atoms with Crippen LogP contribution in [0.25, 0.3) is 10.9 Å². The number of benzene rings is 2. The third kappa shape index (κ3) is 3.81. The molecule has 0 spiro atoms. The van der Waals surface area contributed by atoms with Crippen LogP contribution in [0.5, 0.6) is 0 Å². The van der Waals surface area contributed by atoms with Gasteiger partial charge in [-0.1, -0.05) is 42.8 Å². The molecule has 0 aliphatic rings. The molecule has 3 rings (SSSR count). The zero-order chi connectivity index (χ0) is 18.8. The van der Waals surface area contributed by atoms with Crippen LogP contribution in [-0.4, -0.2) is 15.4 Å². The molecule has 4 nitrogen and oxygen atoms in total. The first-order valence-corrected chi connectivity index (χ1v) is 10.4. The van der Waals surface area contributed by atoms with Crippen LogP contribution < -0.4 is 11.0 Å². The predicted octanol–water partition coefficient (Wildman–Crippen LogP) is 5.58. The first kappa shape index (κ1) is 19.0. The fourth-order valence-corrected chi connectivity index (χ4v) is 3.81. The van der Waals surface area contributed by atoms with Crippen LogP contribution in [0, 0.1) is 6.92 Å². The first-order chi connectivity index (χ1) is 12.4. The van der Waals surface area contributed by atoms with Gasteiger partial charge in [0.25, 0.3) is 5.56 Å². The molecule has 6 heteroatoms. The minimum absolute atomic E-state index is 0.113. The van der Waals surface area contributed by atoms with Crippen molar-refractivity contribution in [2.75, 3.05) is 11.2 Å². The van der Waals surface area contributed by atoms with Crippen LogP contribution in [0.3, 0.4) is 0 Å². The quantitative estimate of drug-likeness (QED) is 0.535. The number of thioether (sulfide) groups is 1. The number of aryl methyl sites for hydroxylation is 1. The van der Waals surface area contributed by atoms with Crippen molar-refractivity contribution in [2.24, 2.45) is 0 Å². The van der Waals surface area contributed by atoms with Gasteiger partial charge in [0.05, 0.1) is 16.6 Å². The number of fused-ring (bicyclic) bond motifs is 1. The van der Waals surface area contributed by atoms with E-state index in [1.165, 1.54) is 10.2 Å². The van der Waals surface area contributed by atoms with E-state index in [9.17, 15) is 4.79 Å². The number of anilines is 1. The Kier molecular flexibility index (Phi) is 5.73. The van der Waals surface area contributed by atoms with Crippen molar-refractivity contribution in [1.82, 2.24) is 9.66 Å². The highest BCUT2D eigenvalue weighted by Gasteiger charge is 2.10. The molecule has 1 N–H and O–H groups in total. The molecule has 0 bridgehead atoms. The number of nitrogens with one attached hydrogen (secondary N) is 1. The third-order valence-electron chi connectivity index (χ3n) is 4.25. The number of hydrogen-bond acceptors (Lipinski definition) is 4. The minimum Gasteiger partial charge on any atom is -0.289 e. The van der Waals surface area contributed by atoms with Gasteiger partial charge in [-0.15, -0.1) is 11.8 Å². The topological polar surface area (TPSA) is 46.9 Å². The van der Waals surface area contributed by atoms with Crippen molar-refractivity contribution in [3.05, 3.63) is 62.6 Å². The third-order valence-corrected chi connectivity index (χ3v) is 6.06. The van der Waals surface area contributed by atoms with Gasteiger partial charge < -0.3 is 0 Å². The van der Waals surface area contributed by atoms with Crippen molar-refractivity contribution < 1.29 is 0 Å². The van der Waals surface area contributed by atoms with Gasteiger partial charge >= 0.3 is 0 Å². The summed E-state index contributed by atoms with van der Waals surface area (Å²) >= 11 is 5.25. The molecule has 1 aromatic heterocycles. The smallest absolute Gasteiger partial charge is 0.280 e. The summed E-state index contributed by atoms with van der Waals surface area (Å²) < 4.78 is 2.37. The van der Waals surface area contributed by atoms with E-state index in [1.54, 1.807) is 18.1 Å². The van der Waals surface area contributed by atoms with E-state index < -0.39 is 0 Å². The van der Waals surface area contributed by atoms with Crippen molar-refractivity contribution in [2.45, 2.75) is 38.5 Å². The summed E-state index contributed by atoms with van der Waals surface area (Å²) in [5, 5.41) is 0.585. The Morgan fingerprint density at radius 1 is 1.27 bits per heavy atom. The molecule has 0 fully saturated rings. The number of rotatable bonds is 5. The Balaban J connectivity index is 2.08. The standard InChI is InChI=1S/C20H22BrN3OS/c1-5-26-19-7-6-14(12(2)3)9-18(19)23-24-11-22-17-8-13(4)16(21)10-15(17)20(24)25/h6-12,23H,5H2,1-4H3. The maximum atomic E-state index is 12.9. The molecule has 0 aliphatic carbocycles. The maximum Gasteiger partial charge on any atom is 0.280 e. The van der Waals surface area contributed by atoms with Crippen molar-refractivity contribution in [3.63, 3.8) is 0 Å². The van der Waals surface area contributed by atoms with Gasteiger partial charge in [-0.2, -0.15) is 0 Å². The van der Waals surface area contributed by atoms with E-state index in [0.29, 0.717) is 16.8 Å². The summed E-state index contributed by atoms with van der Waals surface area (Å²) in [6, 6.07) is 10.1. The minimum atomic E-state index is -0.113. The zero-order valence-corrected chi connectivity index (χ0v) is 17.7. The number of halogens is 1. The Labute approximate surface area is 166 Å². The summed E-state index contributed by atoms with van der Waals surface area (Å²) in [7, 11) is 0. The van der Waals surface area contributed by atoms with Crippen molar-refractivity contribution in [1.29, 1.82) is 0 Å². The van der Waals surface area contributed by atoms with Gasteiger partial charge in [0.2, 0.25) is 0 Å². The van der Waals surface area contributed by atoms with E-state index in [1.807, 2.05) is 19.1 Å². The van der Waals surface area contributed by atoms with Crippen molar-refractivity contribution >= 4 is 44.3 Å². The highest BCUT2D eigenvalue weighted by molar-refractivity contribution is 9.10. The second kappa shape index (κ2) is 7.84. The molecule has 0 unspecified atom stereocenters. The lowest BCUT2D eigenvalue weighted by atomic mass is 10.0. The Hall–Kier alpha value is -1.79. The Morgan fingerprint density at radius 2 is 2.04 bits per heavy atom. The number of hydrogen-bond donors (Lipinski definition) is 1. The van der Waals surface area contributed by atoms with Crippen LogP contribution in [0.1, 0.15) is 37.8 Å². The average Bonchev–Trinajstić information content (AvgIpc) is 2.60. The van der Waals surface area contributed by atoms with E-state index in [4.69, 9.17) is 0 Å². The summed E-state index contributed by atoms with van der Waals surface area (Å²) in [4.78, 5) is 18.5. The van der Waals surface area contributed by atoms with Crippen LogP contribution >= 0.6 is 27.7 Å². The van der Waals surface area contributed by atoms with E-state index in [-0.39, 0.29) is 5.56 Å². The normalized spacial score (nSPS) is 11.3. The molecule has 136 valence electrons. The maximum absolute atomic E-state index is 12.9. The van der Waals surface area contributed by atoms with Gasteiger partial charge in [-0.3, -0.25) is 10.2 Å². The molecule has 0 atom stereocenters. The molecular weight excluding hydrogens is 410 g/mol. The summed E-state index contributed by atoms with van der Waals surface area (Å²) in [5.41, 5.74) is 7.06. The highest BCUT2D eigenvalue weighted by atomic mass is 79.9. The zero-order valence-electron chi connectivity index (χ0n) is 15.3. The predicted molar refractivity (Wildman–Crippen MR) is 114 cm³/mol. The van der Waals surface area contributed by atoms with Crippen LogP contribution in [0.2, 0.25) is 0 Å².